The van der Waals surface area contributed by atoms with Crippen molar-refractivity contribution in [3.63, 3.8) is 0 Å². The van der Waals surface area contributed by atoms with E-state index < -0.39 is 6.10 Å². The maximum atomic E-state index is 10.2. The molecule has 1 aromatic rings. The number of halogens is 1. The van der Waals surface area contributed by atoms with Crippen LogP contribution in [0, 0.1) is 5.92 Å². The van der Waals surface area contributed by atoms with Gasteiger partial charge in [-0.15, -0.1) is 12.4 Å². The molecule has 4 heteroatoms. The molecule has 1 fully saturated rings. The van der Waals surface area contributed by atoms with Gasteiger partial charge in [-0.3, -0.25) is 0 Å². The lowest BCUT2D eigenvalue weighted by molar-refractivity contribution is 0.132. The molecule has 0 spiro atoms. The van der Waals surface area contributed by atoms with Gasteiger partial charge in [0.25, 0.3) is 0 Å². The van der Waals surface area contributed by atoms with E-state index in [1.807, 2.05) is 18.2 Å². The molecule has 3 atom stereocenters. The first-order valence-corrected chi connectivity index (χ1v) is 8.38. The summed E-state index contributed by atoms with van der Waals surface area (Å²) in [4.78, 5) is 0. The van der Waals surface area contributed by atoms with E-state index in [1.165, 1.54) is 37.7 Å². The molecular formula is C18H31ClN2O. The van der Waals surface area contributed by atoms with Crippen molar-refractivity contribution in [2.45, 2.75) is 63.6 Å². The van der Waals surface area contributed by atoms with Crippen LogP contribution in [-0.2, 0) is 6.42 Å². The summed E-state index contributed by atoms with van der Waals surface area (Å²) < 4.78 is 0. The van der Waals surface area contributed by atoms with Gasteiger partial charge in [-0.25, -0.2) is 0 Å². The summed E-state index contributed by atoms with van der Waals surface area (Å²) in [5.74, 6) is 0.760. The minimum Gasteiger partial charge on any atom is -0.390 e. The van der Waals surface area contributed by atoms with E-state index in [-0.39, 0.29) is 18.4 Å². The molecule has 0 bridgehead atoms. The summed E-state index contributed by atoms with van der Waals surface area (Å²) in [5.41, 5.74) is 7.31. The molecular weight excluding hydrogens is 296 g/mol. The second-order valence-corrected chi connectivity index (χ2v) is 6.52. The molecule has 1 aliphatic carbocycles. The van der Waals surface area contributed by atoms with Gasteiger partial charge in [-0.2, -0.15) is 0 Å². The van der Waals surface area contributed by atoms with E-state index in [4.69, 9.17) is 5.73 Å². The van der Waals surface area contributed by atoms with Crippen molar-refractivity contribution >= 4 is 12.4 Å². The highest BCUT2D eigenvalue weighted by Gasteiger charge is 2.21. The summed E-state index contributed by atoms with van der Waals surface area (Å²) in [6.45, 7) is 2.83. The first kappa shape index (κ1) is 19.4. The molecule has 126 valence electrons. The fourth-order valence-corrected chi connectivity index (χ4v) is 3.28. The van der Waals surface area contributed by atoms with Gasteiger partial charge >= 0.3 is 0 Å². The van der Waals surface area contributed by atoms with E-state index in [0.29, 0.717) is 12.6 Å². The average molecular weight is 327 g/mol. The number of nitrogens with two attached hydrogens (primary N) is 1. The highest BCUT2D eigenvalue weighted by molar-refractivity contribution is 5.85. The van der Waals surface area contributed by atoms with E-state index in [0.717, 1.165) is 12.3 Å². The molecule has 1 aromatic carbocycles. The molecule has 0 heterocycles. The van der Waals surface area contributed by atoms with E-state index >= 15 is 0 Å². The van der Waals surface area contributed by atoms with Crippen molar-refractivity contribution in [1.82, 2.24) is 5.32 Å². The van der Waals surface area contributed by atoms with Gasteiger partial charge in [0.05, 0.1) is 6.10 Å². The Labute approximate surface area is 141 Å². The third-order valence-corrected chi connectivity index (χ3v) is 4.81. The number of nitrogens with one attached hydrogen (secondary N) is 1. The van der Waals surface area contributed by atoms with Crippen molar-refractivity contribution in [3.8, 4) is 0 Å². The van der Waals surface area contributed by atoms with Gasteiger partial charge in [0.1, 0.15) is 0 Å². The quantitative estimate of drug-likeness (QED) is 0.722. The lowest BCUT2D eigenvalue weighted by atomic mass is 9.84. The van der Waals surface area contributed by atoms with Crippen LogP contribution in [0.4, 0.5) is 0 Å². The molecule has 1 aliphatic rings. The van der Waals surface area contributed by atoms with Gasteiger partial charge in [-0.05, 0) is 37.7 Å². The zero-order chi connectivity index (χ0) is 15.1. The highest BCUT2D eigenvalue weighted by Crippen LogP contribution is 2.26. The Morgan fingerprint density at radius 2 is 1.82 bits per heavy atom. The van der Waals surface area contributed by atoms with Crippen molar-refractivity contribution in [1.29, 1.82) is 0 Å². The molecule has 0 amide bonds. The van der Waals surface area contributed by atoms with Gasteiger partial charge in [-0.1, -0.05) is 49.6 Å². The molecule has 3 nitrogen and oxygen atoms in total. The minimum atomic E-state index is -0.490. The molecule has 4 N–H and O–H groups in total. The van der Waals surface area contributed by atoms with Crippen LogP contribution in [0.1, 0.15) is 44.6 Å². The molecule has 0 unspecified atom stereocenters. The molecule has 1 saturated carbocycles. The van der Waals surface area contributed by atoms with Crippen molar-refractivity contribution < 1.29 is 5.11 Å². The van der Waals surface area contributed by atoms with Crippen LogP contribution < -0.4 is 11.1 Å². The Morgan fingerprint density at radius 1 is 1.18 bits per heavy atom. The SMILES string of the molecule is C[C@@H](NC[C@@H](O)[C@@H](N)Cc1ccccc1)C1CCCCC1.Cl. The topological polar surface area (TPSA) is 58.3 Å². The van der Waals surface area contributed by atoms with Gasteiger partial charge in [0.2, 0.25) is 0 Å². The first-order chi connectivity index (χ1) is 10.2. The van der Waals surface area contributed by atoms with E-state index in [9.17, 15) is 5.11 Å². The highest BCUT2D eigenvalue weighted by atomic mass is 35.5. The van der Waals surface area contributed by atoms with Crippen molar-refractivity contribution in [2.24, 2.45) is 11.7 Å². The van der Waals surface area contributed by atoms with Gasteiger partial charge < -0.3 is 16.2 Å². The number of hydrogen-bond acceptors (Lipinski definition) is 3. The normalized spacial score (nSPS) is 20.0. The second kappa shape index (κ2) is 10.2. The standard InChI is InChI=1S/C18H30N2O.ClH/c1-14(16-10-6-3-7-11-16)20-13-18(21)17(19)12-15-8-4-2-5-9-15;/h2,4-5,8-9,14,16-18,20-21H,3,6-7,10-13,19H2,1H3;1H/t14-,17+,18-;/m1./s1. The van der Waals surface area contributed by atoms with Crippen LogP contribution >= 0.6 is 12.4 Å². The van der Waals surface area contributed by atoms with Crippen molar-refractivity contribution in [2.75, 3.05) is 6.54 Å². The summed E-state index contributed by atoms with van der Waals surface area (Å²) in [5, 5.41) is 13.7. The zero-order valence-corrected chi connectivity index (χ0v) is 14.4. The predicted octanol–water partition coefficient (Wildman–Crippen LogP) is 2.90. The lowest BCUT2D eigenvalue weighted by Gasteiger charge is -2.30. The molecule has 0 aromatic heterocycles. The summed E-state index contributed by atoms with van der Waals surface area (Å²) in [6, 6.07) is 10.4. The third-order valence-electron chi connectivity index (χ3n) is 4.81. The summed E-state index contributed by atoms with van der Waals surface area (Å²) >= 11 is 0. The van der Waals surface area contributed by atoms with Crippen LogP contribution in [0.25, 0.3) is 0 Å². The predicted molar refractivity (Wildman–Crippen MR) is 95.4 cm³/mol. The fraction of sp³-hybridized carbons (Fsp3) is 0.667. The third kappa shape index (κ3) is 6.25. The van der Waals surface area contributed by atoms with E-state index in [1.54, 1.807) is 0 Å². The van der Waals surface area contributed by atoms with Gasteiger partial charge in [0, 0.05) is 18.6 Å². The Kier molecular flexibility index (Phi) is 9.03. The van der Waals surface area contributed by atoms with Gasteiger partial charge in [0.15, 0.2) is 0 Å². The molecule has 2 rings (SSSR count). The molecule has 0 saturated heterocycles. The van der Waals surface area contributed by atoms with Crippen molar-refractivity contribution in [3.05, 3.63) is 35.9 Å². The number of hydrogen-bond donors (Lipinski definition) is 3. The van der Waals surface area contributed by atoms with Crippen LogP contribution in [0.3, 0.4) is 0 Å². The summed E-state index contributed by atoms with van der Waals surface area (Å²) in [6.07, 6.45) is 6.96. The van der Waals surface area contributed by atoms with Crippen LogP contribution in [0.15, 0.2) is 30.3 Å². The Balaban J connectivity index is 0.00000242. The van der Waals surface area contributed by atoms with Crippen LogP contribution in [0.5, 0.6) is 0 Å². The maximum Gasteiger partial charge on any atom is 0.0818 e. The Morgan fingerprint density at radius 3 is 2.45 bits per heavy atom. The number of aliphatic hydroxyl groups is 1. The summed E-state index contributed by atoms with van der Waals surface area (Å²) in [7, 11) is 0. The van der Waals surface area contributed by atoms with Crippen LogP contribution in [0.2, 0.25) is 0 Å². The Hall–Kier alpha value is -0.610. The lowest BCUT2D eigenvalue weighted by Crippen LogP contribution is -2.46. The van der Waals surface area contributed by atoms with E-state index in [2.05, 4.69) is 24.4 Å². The number of rotatable bonds is 7. The second-order valence-electron chi connectivity index (χ2n) is 6.52. The molecule has 0 radical (unpaired) electrons. The number of aliphatic hydroxyl groups excluding tert-OH is 1. The maximum absolute atomic E-state index is 10.2. The largest absolute Gasteiger partial charge is 0.390 e. The molecule has 0 aliphatic heterocycles. The zero-order valence-electron chi connectivity index (χ0n) is 13.6. The van der Waals surface area contributed by atoms with Crippen LogP contribution in [-0.4, -0.2) is 29.8 Å². The number of benzene rings is 1. The average Bonchev–Trinajstić information content (AvgIpc) is 2.54. The fourth-order valence-electron chi connectivity index (χ4n) is 3.28. The first-order valence-electron chi connectivity index (χ1n) is 8.38. The smallest absolute Gasteiger partial charge is 0.0818 e. The minimum absolute atomic E-state index is 0. The Bertz CT molecular complexity index is 395. The molecule has 22 heavy (non-hydrogen) atoms. The monoisotopic (exact) mass is 326 g/mol.